The van der Waals surface area contributed by atoms with Crippen molar-refractivity contribution in [3.63, 3.8) is 0 Å². The van der Waals surface area contributed by atoms with E-state index in [0.29, 0.717) is 17.1 Å². The molecule has 2 heterocycles. The molecule has 0 unspecified atom stereocenters. The van der Waals surface area contributed by atoms with Crippen LogP contribution < -0.4 is 16.7 Å². The van der Waals surface area contributed by atoms with Crippen molar-refractivity contribution in [2.75, 3.05) is 5.73 Å². The molecule has 4 rings (SSSR count). The summed E-state index contributed by atoms with van der Waals surface area (Å²) in [6.07, 6.45) is 5.05. The molecule has 2 aromatic heterocycles. The number of rotatable bonds is 3. The van der Waals surface area contributed by atoms with Gasteiger partial charge in [-0.1, -0.05) is 54.1 Å². The topological polar surface area (TPSA) is 69.5 Å². The van der Waals surface area contributed by atoms with Gasteiger partial charge >= 0.3 is 0 Å². The van der Waals surface area contributed by atoms with E-state index in [4.69, 9.17) is 17.3 Å². The Morgan fingerprint density at radius 2 is 1.74 bits per heavy atom. The van der Waals surface area contributed by atoms with Gasteiger partial charge in [0.05, 0.1) is 6.54 Å². The monoisotopic (exact) mass is 377 g/mol. The fraction of sp³-hybridized carbons (Fsp3) is 0.0476. The maximum absolute atomic E-state index is 12.9. The van der Waals surface area contributed by atoms with E-state index in [9.17, 15) is 9.59 Å². The predicted octanol–water partition coefficient (Wildman–Crippen LogP) is 3.41. The average molecular weight is 378 g/mol. The lowest BCUT2D eigenvalue weighted by molar-refractivity contribution is 0.752. The van der Waals surface area contributed by atoms with E-state index >= 15 is 0 Å². The van der Waals surface area contributed by atoms with Gasteiger partial charge in [-0.2, -0.15) is 0 Å². The first-order valence-corrected chi connectivity index (χ1v) is 8.76. The third-order valence-electron chi connectivity index (χ3n) is 4.47. The summed E-state index contributed by atoms with van der Waals surface area (Å²) in [6.45, 7) is 0.337. The molecule has 0 bridgehead atoms. The number of aromatic nitrogens is 2. The standard InChI is InChI=1S/C21H16ClN3O2/c22-16-8-4-5-14(11-16)12-25-10-9-24-13-17(15-6-2-1-3-7-15)20(26)18(23)19(24)21(25)27/h1-11,13H,12,23H2. The molecule has 134 valence electrons. The maximum atomic E-state index is 12.9. The lowest BCUT2D eigenvalue weighted by Crippen LogP contribution is -2.26. The number of anilines is 1. The van der Waals surface area contributed by atoms with Crippen molar-refractivity contribution in [2.45, 2.75) is 6.54 Å². The second-order valence-electron chi connectivity index (χ2n) is 6.27. The van der Waals surface area contributed by atoms with Gasteiger partial charge in [0.1, 0.15) is 11.2 Å². The molecule has 2 aromatic carbocycles. The van der Waals surface area contributed by atoms with Crippen molar-refractivity contribution in [1.29, 1.82) is 0 Å². The Bertz CT molecular complexity index is 1260. The Hall–Kier alpha value is -3.31. The van der Waals surface area contributed by atoms with Crippen LogP contribution in [0, 0.1) is 0 Å². The van der Waals surface area contributed by atoms with Crippen molar-refractivity contribution >= 4 is 22.8 Å². The minimum atomic E-state index is -0.348. The molecule has 0 amide bonds. The van der Waals surface area contributed by atoms with Crippen LogP contribution in [-0.2, 0) is 6.54 Å². The van der Waals surface area contributed by atoms with Crippen LogP contribution in [0.5, 0.6) is 0 Å². The first-order chi connectivity index (χ1) is 13.0. The molecule has 2 N–H and O–H groups in total. The minimum absolute atomic E-state index is 0.0539. The summed E-state index contributed by atoms with van der Waals surface area (Å²) in [4.78, 5) is 25.7. The number of halogens is 1. The summed E-state index contributed by atoms with van der Waals surface area (Å²) < 4.78 is 3.12. The number of hydrogen-bond acceptors (Lipinski definition) is 3. The normalized spacial score (nSPS) is 11.0. The summed E-state index contributed by atoms with van der Waals surface area (Å²) in [5.41, 5.74) is 7.61. The summed E-state index contributed by atoms with van der Waals surface area (Å²) in [6, 6.07) is 16.5. The number of hydrogen-bond donors (Lipinski definition) is 1. The molecule has 6 heteroatoms. The van der Waals surface area contributed by atoms with E-state index in [1.165, 1.54) is 4.57 Å². The van der Waals surface area contributed by atoms with Gasteiger partial charge < -0.3 is 14.7 Å². The van der Waals surface area contributed by atoms with Crippen LogP contribution in [0.2, 0.25) is 5.02 Å². The Labute approximate surface area is 159 Å². The average Bonchev–Trinajstić information content (AvgIpc) is 2.67. The summed E-state index contributed by atoms with van der Waals surface area (Å²) in [5.74, 6) is 0. The maximum Gasteiger partial charge on any atom is 0.277 e. The Balaban J connectivity index is 1.88. The van der Waals surface area contributed by atoms with E-state index in [1.807, 2.05) is 42.5 Å². The Kier molecular flexibility index (Phi) is 4.30. The van der Waals surface area contributed by atoms with Crippen LogP contribution in [0.15, 0.2) is 82.8 Å². The van der Waals surface area contributed by atoms with Crippen molar-refractivity contribution < 1.29 is 0 Å². The highest BCUT2D eigenvalue weighted by atomic mass is 35.5. The number of nitrogen functional groups attached to an aromatic ring is 1. The number of nitrogens with two attached hydrogens (primary N) is 1. The highest BCUT2D eigenvalue weighted by Gasteiger charge is 2.14. The van der Waals surface area contributed by atoms with Crippen LogP contribution in [0.25, 0.3) is 16.6 Å². The first-order valence-electron chi connectivity index (χ1n) is 8.38. The SMILES string of the molecule is Nc1c(=O)c(-c2ccccc2)cn2ccn(Cc3cccc(Cl)c3)c(=O)c12. The number of benzene rings is 2. The zero-order chi connectivity index (χ0) is 19.0. The highest BCUT2D eigenvalue weighted by Crippen LogP contribution is 2.18. The quantitative estimate of drug-likeness (QED) is 0.594. The molecule has 5 nitrogen and oxygen atoms in total. The third kappa shape index (κ3) is 3.13. The molecule has 0 aliphatic rings. The molecule has 0 aliphatic carbocycles. The largest absolute Gasteiger partial charge is 0.394 e. The van der Waals surface area contributed by atoms with Gasteiger partial charge in [0, 0.05) is 29.2 Å². The predicted molar refractivity (Wildman–Crippen MR) is 108 cm³/mol. The zero-order valence-corrected chi connectivity index (χ0v) is 15.1. The summed E-state index contributed by atoms with van der Waals surface area (Å²) >= 11 is 6.01. The minimum Gasteiger partial charge on any atom is -0.394 e. The number of pyridine rings is 1. The summed E-state index contributed by atoms with van der Waals surface area (Å²) in [7, 11) is 0. The molecule has 0 aliphatic heterocycles. The molecule has 0 fully saturated rings. The van der Waals surface area contributed by atoms with Gasteiger partial charge in [0.25, 0.3) is 5.56 Å². The molecule has 0 saturated heterocycles. The van der Waals surface area contributed by atoms with Crippen molar-refractivity contribution in [2.24, 2.45) is 0 Å². The molecule has 0 spiro atoms. The Morgan fingerprint density at radius 3 is 2.48 bits per heavy atom. The van der Waals surface area contributed by atoms with Gasteiger partial charge in [-0.3, -0.25) is 9.59 Å². The molecule has 27 heavy (non-hydrogen) atoms. The van der Waals surface area contributed by atoms with Crippen molar-refractivity contribution in [3.05, 3.63) is 104 Å². The Morgan fingerprint density at radius 1 is 0.963 bits per heavy atom. The lowest BCUT2D eigenvalue weighted by Gasteiger charge is -2.12. The van der Waals surface area contributed by atoms with E-state index in [-0.39, 0.29) is 22.2 Å². The van der Waals surface area contributed by atoms with Gasteiger partial charge in [0.15, 0.2) is 0 Å². The van der Waals surface area contributed by atoms with Crippen LogP contribution in [0.1, 0.15) is 5.56 Å². The van der Waals surface area contributed by atoms with Crippen molar-refractivity contribution in [1.82, 2.24) is 8.97 Å². The second-order valence-corrected chi connectivity index (χ2v) is 6.71. The van der Waals surface area contributed by atoms with Crippen molar-refractivity contribution in [3.8, 4) is 11.1 Å². The molecular formula is C21H16ClN3O2. The van der Waals surface area contributed by atoms with E-state index in [2.05, 4.69) is 0 Å². The van der Waals surface area contributed by atoms with Crippen LogP contribution in [0.4, 0.5) is 5.69 Å². The fourth-order valence-corrected chi connectivity index (χ4v) is 3.35. The van der Waals surface area contributed by atoms with Gasteiger partial charge in [-0.25, -0.2) is 0 Å². The fourth-order valence-electron chi connectivity index (χ4n) is 3.13. The molecule has 4 aromatic rings. The van der Waals surface area contributed by atoms with Crippen LogP contribution >= 0.6 is 11.6 Å². The van der Waals surface area contributed by atoms with E-state index < -0.39 is 0 Å². The zero-order valence-electron chi connectivity index (χ0n) is 14.3. The van der Waals surface area contributed by atoms with Gasteiger partial charge in [-0.05, 0) is 23.3 Å². The van der Waals surface area contributed by atoms with Crippen LogP contribution in [0.3, 0.4) is 0 Å². The lowest BCUT2D eigenvalue weighted by atomic mass is 10.1. The number of fused-ring (bicyclic) bond motifs is 1. The molecule has 0 atom stereocenters. The summed E-state index contributed by atoms with van der Waals surface area (Å²) in [5, 5.41) is 0.601. The van der Waals surface area contributed by atoms with E-state index in [1.54, 1.807) is 35.1 Å². The molecular weight excluding hydrogens is 362 g/mol. The first kappa shape index (κ1) is 17.1. The number of nitrogens with zero attached hydrogens (tertiary/aromatic N) is 2. The smallest absolute Gasteiger partial charge is 0.277 e. The van der Waals surface area contributed by atoms with Crippen LogP contribution in [-0.4, -0.2) is 8.97 Å². The highest BCUT2D eigenvalue weighted by molar-refractivity contribution is 6.30. The molecule has 0 radical (unpaired) electrons. The second kappa shape index (κ2) is 6.78. The van der Waals surface area contributed by atoms with E-state index in [0.717, 1.165) is 11.1 Å². The molecule has 0 saturated carbocycles. The van der Waals surface area contributed by atoms with Gasteiger partial charge in [0.2, 0.25) is 5.43 Å². The third-order valence-corrected chi connectivity index (χ3v) is 4.70. The van der Waals surface area contributed by atoms with Gasteiger partial charge in [-0.15, -0.1) is 0 Å².